The molecule has 21 heavy (non-hydrogen) atoms. The molecular formula is C17H23FO3. The van der Waals surface area contributed by atoms with Crippen LogP contribution >= 0.6 is 0 Å². The lowest BCUT2D eigenvalue weighted by Gasteiger charge is -2.35. The zero-order valence-electron chi connectivity index (χ0n) is 12.9. The van der Waals surface area contributed by atoms with Gasteiger partial charge in [0.1, 0.15) is 11.4 Å². The van der Waals surface area contributed by atoms with Crippen molar-refractivity contribution < 1.29 is 19.0 Å². The normalized spacial score (nSPS) is 18.3. The number of rotatable bonds is 4. The standard InChI is InChI=1S/C17H23FO3/c1-16(2,18)12-7-8-14(21-3)13(11-12)17(15(19)20)9-5-4-6-10-17/h7-8,11H,4-6,9-10H2,1-3H3,(H,19,20). The molecule has 116 valence electrons. The summed E-state index contributed by atoms with van der Waals surface area (Å²) in [4.78, 5) is 12.0. The molecule has 2 rings (SSSR count). The predicted molar refractivity (Wildman–Crippen MR) is 79.5 cm³/mol. The van der Waals surface area contributed by atoms with Gasteiger partial charge in [0.05, 0.1) is 12.5 Å². The fraction of sp³-hybridized carbons (Fsp3) is 0.588. The molecule has 0 amide bonds. The molecule has 1 saturated carbocycles. The van der Waals surface area contributed by atoms with E-state index < -0.39 is 17.1 Å². The molecule has 3 nitrogen and oxygen atoms in total. The number of hydrogen-bond acceptors (Lipinski definition) is 2. The molecule has 1 aromatic rings. The van der Waals surface area contributed by atoms with Crippen molar-refractivity contribution >= 4 is 5.97 Å². The third-order valence-corrected chi connectivity index (χ3v) is 4.52. The molecule has 1 N–H and O–H groups in total. The van der Waals surface area contributed by atoms with Gasteiger partial charge >= 0.3 is 5.97 Å². The summed E-state index contributed by atoms with van der Waals surface area (Å²) in [5.41, 5.74) is -1.36. The van der Waals surface area contributed by atoms with E-state index in [0.29, 0.717) is 29.7 Å². The second-order valence-electron chi connectivity index (χ2n) is 6.34. The van der Waals surface area contributed by atoms with Crippen molar-refractivity contribution in [1.82, 2.24) is 0 Å². The van der Waals surface area contributed by atoms with Crippen LogP contribution in [0, 0.1) is 0 Å². The first-order valence-electron chi connectivity index (χ1n) is 7.42. The Labute approximate surface area is 125 Å². The van der Waals surface area contributed by atoms with Crippen LogP contribution in [0.3, 0.4) is 0 Å². The van der Waals surface area contributed by atoms with E-state index >= 15 is 0 Å². The molecule has 0 heterocycles. The van der Waals surface area contributed by atoms with E-state index in [4.69, 9.17) is 4.74 Å². The number of halogens is 1. The Balaban J connectivity index is 2.60. The van der Waals surface area contributed by atoms with Crippen molar-refractivity contribution in [2.24, 2.45) is 0 Å². The van der Waals surface area contributed by atoms with Gasteiger partial charge in [-0.15, -0.1) is 0 Å². The monoisotopic (exact) mass is 294 g/mol. The van der Waals surface area contributed by atoms with Gasteiger partial charge in [0.15, 0.2) is 0 Å². The molecule has 0 unspecified atom stereocenters. The van der Waals surface area contributed by atoms with Crippen LogP contribution in [0.2, 0.25) is 0 Å². The Morgan fingerprint density at radius 2 is 1.90 bits per heavy atom. The quantitative estimate of drug-likeness (QED) is 0.906. The Bertz CT molecular complexity index is 525. The Morgan fingerprint density at radius 3 is 2.38 bits per heavy atom. The number of benzene rings is 1. The lowest BCUT2D eigenvalue weighted by atomic mass is 9.68. The van der Waals surface area contributed by atoms with Gasteiger partial charge in [0.25, 0.3) is 0 Å². The summed E-state index contributed by atoms with van der Waals surface area (Å²) >= 11 is 0. The maximum absolute atomic E-state index is 14.2. The highest BCUT2D eigenvalue weighted by Gasteiger charge is 2.43. The topological polar surface area (TPSA) is 46.5 Å². The number of carbonyl (C=O) groups is 1. The third kappa shape index (κ3) is 2.89. The number of alkyl halides is 1. The highest BCUT2D eigenvalue weighted by Crippen LogP contribution is 2.45. The minimum Gasteiger partial charge on any atom is -0.496 e. The van der Waals surface area contributed by atoms with Crippen LogP contribution in [0.25, 0.3) is 0 Å². The van der Waals surface area contributed by atoms with E-state index in [-0.39, 0.29) is 0 Å². The number of ether oxygens (including phenoxy) is 1. The molecule has 1 aliphatic rings. The molecule has 0 spiro atoms. The highest BCUT2D eigenvalue weighted by molar-refractivity contribution is 5.82. The van der Waals surface area contributed by atoms with E-state index in [1.165, 1.54) is 21.0 Å². The summed E-state index contributed by atoms with van der Waals surface area (Å²) in [6.45, 7) is 2.96. The van der Waals surface area contributed by atoms with Crippen LogP contribution < -0.4 is 4.74 Å². The fourth-order valence-corrected chi connectivity index (χ4v) is 3.21. The molecule has 4 heteroatoms. The minimum atomic E-state index is -1.50. The average Bonchev–Trinajstić information content (AvgIpc) is 2.46. The van der Waals surface area contributed by atoms with Gasteiger partial charge in [-0.05, 0) is 44.4 Å². The van der Waals surface area contributed by atoms with Crippen LogP contribution in [0.4, 0.5) is 4.39 Å². The molecule has 0 atom stereocenters. The van der Waals surface area contributed by atoms with Crippen LogP contribution in [-0.4, -0.2) is 18.2 Å². The largest absolute Gasteiger partial charge is 0.496 e. The van der Waals surface area contributed by atoms with Crippen molar-refractivity contribution in [3.05, 3.63) is 29.3 Å². The first-order chi connectivity index (χ1) is 9.81. The second kappa shape index (κ2) is 5.66. The SMILES string of the molecule is COc1ccc(C(C)(C)F)cc1C1(C(=O)O)CCCCC1. The van der Waals surface area contributed by atoms with Gasteiger partial charge in [-0.1, -0.05) is 25.3 Å². The fourth-order valence-electron chi connectivity index (χ4n) is 3.21. The first-order valence-corrected chi connectivity index (χ1v) is 7.42. The number of methoxy groups -OCH3 is 1. The summed E-state index contributed by atoms with van der Waals surface area (Å²) in [6.07, 6.45) is 3.95. The third-order valence-electron chi connectivity index (χ3n) is 4.52. The molecule has 1 aromatic carbocycles. The van der Waals surface area contributed by atoms with E-state index in [2.05, 4.69) is 0 Å². The van der Waals surface area contributed by atoms with Gasteiger partial charge in [-0.25, -0.2) is 4.39 Å². The molecule has 0 bridgehead atoms. The van der Waals surface area contributed by atoms with Crippen molar-refractivity contribution in [3.63, 3.8) is 0 Å². The van der Waals surface area contributed by atoms with Crippen molar-refractivity contribution in [2.45, 2.75) is 57.0 Å². The number of carboxylic acid groups (broad SMARTS) is 1. The van der Waals surface area contributed by atoms with Gasteiger partial charge < -0.3 is 9.84 Å². The lowest BCUT2D eigenvalue weighted by Crippen LogP contribution is -2.38. The molecule has 1 aliphatic carbocycles. The lowest BCUT2D eigenvalue weighted by molar-refractivity contribution is -0.145. The Kier molecular flexibility index (Phi) is 4.26. The van der Waals surface area contributed by atoms with E-state index in [1.807, 2.05) is 0 Å². The number of carboxylic acids is 1. The number of hydrogen-bond donors (Lipinski definition) is 1. The molecule has 0 radical (unpaired) electrons. The summed E-state index contributed by atoms with van der Waals surface area (Å²) < 4.78 is 19.6. The first kappa shape index (κ1) is 15.8. The molecule has 0 aromatic heterocycles. The summed E-state index contributed by atoms with van der Waals surface area (Å²) in [6, 6.07) is 5.03. The van der Waals surface area contributed by atoms with E-state index in [0.717, 1.165) is 19.3 Å². The van der Waals surface area contributed by atoms with Crippen LogP contribution in [-0.2, 0) is 15.9 Å². The summed E-state index contributed by atoms with van der Waals surface area (Å²) in [5.74, 6) is -0.304. The minimum absolute atomic E-state index is 0.490. The van der Waals surface area contributed by atoms with E-state index in [9.17, 15) is 14.3 Å². The van der Waals surface area contributed by atoms with Crippen molar-refractivity contribution in [1.29, 1.82) is 0 Å². The summed E-state index contributed by atoms with van der Waals surface area (Å²) in [5, 5.41) is 9.81. The maximum atomic E-state index is 14.2. The second-order valence-corrected chi connectivity index (χ2v) is 6.34. The molecular weight excluding hydrogens is 271 g/mol. The molecule has 0 saturated heterocycles. The maximum Gasteiger partial charge on any atom is 0.314 e. The smallest absolute Gasteiger partial charge is 0.314 e. The summed E-state index contributed by atoms with van der Waals surface area (Å²) in [7, 11) is 1.53. The zero-order chi connectivity index (χ0) is 15.7. The highest BCUT2D eigenvalue weighted by atomic mass is 19.1. The molecule has 0 aliphatic heterocycles. The predicted octanol–water partition coefficient (Wildman–Crippen LogP) is 4.19. The molecule has 1 fully saturated rings. The van der Waals surface area contributed by atoms with E-state index in [1.54, 1.807) is 18.2 Å². The van der Waals surface area contributed by atoms with Gasteiger partial charge in [0, 0.05) is 5.56 Å². The zero-order valence-corrected chi connectivity index (χ0v) is 12.9. The van der Waals surface area contributed by atoms with Crippen LogP contribution in [0.15, 0.2) is 18.2 Å². The number of aliphatic carboxylic acids is 1. The van der Waals surface area contributed by atoms with Gasteiger partial charge in [0.2, 0.25) is 0 Å². The van der Waals surface area contributed by atoms with Gasteiger partial charge in [-0.3, -0.25) is 4.79 Å². The van der Waals surface area contributed by atoms with Crippen LogP contribution in [0.5, 0.6) is 5.75 Å². The van der Waals surface area contributed by atoms with Gasteiger partial charge in [-0.2, -0.15) is 0 Å². The van der Waals surface area contributed by atoms with Crippen molar-refractivity contribution in [2.75, 3.05) is 7.11 Å². The van der Waals surface area contributed by atoms with Crippen LogP contribution in [0.1, 0.15) is 57.1 Å². The average molecular weight is 294 g/mol. The Hall–Kier alpha value is -1.58. The Morgan fingerprint density at radius 1 is 1.29 bits per heavy atom. The van der Waals surface area contributed by atoms with Crippen molar-refractivity contribution in [3.8, 4) is 5.75 Å².